The molecule has 5 rings (SSSR count). The molecule has 6 nitrogen and oxygen atoms in total. The van der Waals surface area contributed by atoms with Crippen LogP contribution in [0.15, 0.2) is 28.7 Å². The van der Waals surface area contributed by atoms with Gasteiger partial charge in [-0.25, -0.2) is 0 Å². The molecule has 164 valence electrons. The van der Waals surface area contributed by atoms with Crippen LogP contribution in [0.4, 0.5) is 5.95 Å². The van der Waals surface area contributed by atoms with Gasteiger partial charge in [-0.2, -0.15) is 0 Å². The monoisotopic (exact) mass is 455 g/mol. The van der Waals surface area contributed by atoms with Crippen LogP contribution in [0.2, 0.25) is 0 Å². The number of thioether (sulfide) groups is 1. The summed E-state index contributed by atoms with van der Waals surface area (Å²) in [7, 11) is 0. The molecule has 4 heterocycles. The van der Waals surface area contributed by atoms with Crippen molar-refractivity contribution in [1.82, 2.24) is 19.3 Å². The maximum atomic E-state index is 13.1. The lowest BCUT2D eigenvalue weighted by Gasteiger charge is -2.17. The summed E-state index contributed by atoms with van der Waals surface area (Å²) >= 11 is 3.33. The van der Waals surface area contributed by atoms with E-state index in [1.807, 2.05) is 6.07 Å². The summed E-state index contributed by atoms with van der Waals surface area (Å²) in [6, 6.07) is 6.82. The van der Waals surface area contributed by atoms with Crippen LogP contribution in [-0.2, 0) is 13.0 Å². The zero-order chi connectivity index (χ0) is 21.4. The number of thiophene rings is 1. The van der Waals surface area contributed by atoms with Gasteiger partial charge in [0, 0.05) is 47.5 Å². The fraction of sp³-hybridized carbons (Fsp3) is 0.522. The molecule has 3 aromatic heterocycles. The number of anilines is 1. The number of rotatable bonds is 9. The number of Topliss-reactive ketones (excluding diaryl/α,β-unsaturated/α-hetero) is 1. The second-order valence-corrected chi connectivity index (χ2v) is 10.5. The van der Waals surface area contributed by atoms with Crippen molar-refractivity contribution in [3.8, 4) is 0 Å². The highest BCUT2D eigenvalue weighted by Crippen LogP contribution is 2.41. The SMILES string of the molecule is Cc1cc(C(=O)CSc2nnc(N3CCCC3)n2C2CC2)c(C)n1CCc1cccs1. The van der Waals surface area contributed by atoms with Gasteiger partial charge in [0.15, 0.2) is 10.9 Å². The average molecular weight is 456 g/mol. The minimum Gasteiger partial charge on any atom is -0.348 e. The van der Waals surface area contributed by atoms with E-state index in [2.05, 4.69) is 55.6 Å². The molecule has 0 aromatic carbocycles. The highest BCUT2D eigenvalue weighted by atomic mass is 32.2. The minimum atomic E-state index is 0.175. The van der Waals surface area contributed by atoms with Crippen LogP contribution in [-0.4, -0.2) is 44.0 Å². The zero-order valence-corrected chi connectivity index (χ0v) is 19.8. The quantitative estimate of drug-likeness (QED) is 0.339. The minimum absolute atomic E-state index is 0.175. The summed E-state index contributed by atoms with van der Waals surface area (Å²) in [6.07, 6.45) is 5.82. The first-order valence-corrected chi connectivity index (χ1v) is 13.0. The van der Waals surface area contributed by atoms with E-state index in [4.69, 9.17) is 0 Å². The smallest absolute Gasteiger partial charge is 0.228 e. The van der Waals surface area contributed by atoms with Gasteiger partial charge in [0.1, 0.15) is 0 Å². The first-order valence-electron chi connectivity index (χ1n) is 11.2. The van der Waals surface area contributed by atoms with Gasteiger partial charge in [-0.3, -0.25) is 9.36 Å². The molecular weight excluding hydrogens is 426 g/mol. The van der Waals surface area contributed by atoms with Gasteiger partial charge in [0.25, 0.3) is 0 Å². The van der Waals surface area contributed by atoms with E-state index in [9.17, 15) is 4.79 Å². The Morgan fingerprint density at radius 3 is 2.74 bits per heavy atom. The molecule has 31 heavy (non-hydrogen) atoms. The molecule has 0 amide bonds. The molecular formula is C23H29N5OS2. The van der Waals surface area contributed by atoms with Crippen molar-refractivity contribution in [2.45, 2.75) is 63.7 Å². The van der Waals surface area contributed by atoms with Crippen LogP contribution in [0.5, 0.6) is 0 Å². The van der Waals surface area contributed by atoms with Crippen molar-refractivity contribution in [2.24, 2.45) is 0 Å². The van der Waals surface area contributed by atoms with Gasteiger partial charge in [-0.1, -0.05) is 17.8 Å². The Morgan fingerprint density at radius 2 is 2.03 bits per heavy atom. The summed E-state index contributed by atoms with van der Waals surface area (Å²) in [5, 5.41) is 12.0. The number of carbonyl (C=O) groups excluding carboxylic acids is 1. The van der Waals surface area contributed by atoms with Crippen molar-refractivity contribution in [2.75, 3.05) is 23.7 Å². The fourth-order valence-corrected chi connectivity index (χ4v) is 6.05. The van der Waals surface area contributed by atoms with Crippen LogP contribution in [0, 0.1) is 13.8 Å². The fourth-order valence-electron chi connectivity index (χ4n) is 4.46. The number of aryl methyl sites for hydroxylation is 2. The molecule has 2 aliphatic rings. The molecule has 0 bridgehead atoms. The lowest BCUT2D eigenvalue weighted by molar-refractivity contribution is 0.102. The van der Waals surface area contributed by atoms with Crippen molar-refractivity contribution in [3.05, 3.63) is 45.4 Å². The number of aromatic nitrogens is 4. The van der Waals surface area contributed by atoms with Gasteiger partial charge >= 0.3 is 0 Å². The molecule has 1 aliphatic heterocycles. The molecule has 0 N–H and O–H groups in total. The number of ketones is 1. The summed E-state index contributed by atoms with van der Waals surface area (Å²) in [5.74, 6) is 1.58. The number of carbonyl (C=O) groups is 1. The molecule has 0 spiro atoms. The highest BCUT2D eigenvalue weighted by Gasteiger charge is 2.32. The van der Waals surface area contributed by atoms with Crippen molar-refractivity contribution in [1.29, 1.82) is 0 Å². The number of hydrogen-bond donors (Lipinski definition) is 0. The van der Waals surface area contributed by atoms with E-state index in [1.165, 1.54) is 42.3 Å². The van der Waals surface area contributed by atoms with Gasteiger partial charge in [0.05, 0.1) is 5.75 Å². The Hall–Kier alpha value is -2.06. The molecule has 0 atom stereocenters. The van der Waals surface area contributed by atoms with Gasteiger partial charge in [0.2, 0.25) is 5.95 Å². The van der Waals surface area contributed by atoms with E-state index in [1.54, 1.807) is 11.3 Å². The van der Waals surface area contributed by atoms with Crippen LogP contribution in [0.3, 0.4) is 0 Å². The Labute approximate surface area is 191 Å². The lowest BCUT2D eigenvalue weighted by atomic mass is 10.2. The van der Waals surface area contributed by atoms with Gasteiger partial charge < -0.3 is 9.47 Å². The summed E-state index contributed by atoms with van der Waals surface area (Å²) in [4.78, 5) is 16.8. The third-order valence-corrected chi connectivity index (χ3v) is 8.20. The third-order valence-electron chi connectivity index (χ3n) is 6.32. The maximum Gasteiger partial charge on any atom is 0.228 e. The number of nitrogens with zero attached hydrogens (tertiary/aromatic N) is 5. The average Bonchev–Trinajstić information content (AvgIpc) is 3.19. The predicted molar refractivity (Wildman–Crippen MR) is 127 cm³/mol. The summed E-state index contributed by atoms with van der Waals surface area (Å²) < 4.78 is 4.56. The predicted octanol–water partition coefficient (Wildman–Crippen LogP) is 4.91. The second kappa shape index (κ2) is 8.82. The van der Waals surface area contributed by atoms with Crippen molar-refractivity contribution >= 4 is 34.8 Å². The summed E-state index contributed by atoms with van der Waals surface area (Å²) in [6.45, 7) is 7.19. The number of hydrogen-bond acceptors (Lipinski definition) is 6. The Balaban J connectivity index is 1.27. The molecule has 3 aromatic rings. The van der Waals surface area contributed by atoms with Crippen LogP contribution < -0.4 is 4.90 Å². The van der Waals surface area contributed by atoms with Crippen molar-refractivity contribution in [3.63, 3.8) is 0 Å². The first-order chi connectivity index (χ1) is 15.1. The molecule has 8 heteroatoms. The normalized spacial score (nSPS) is 16.4. The van der Waals surface area contributed by atoms with E-state index in [-0.39, 0.29) is 5.78 Å². The molecule has 1 aliphatic carbocycles. The van der Waals surface area contributed by atoms with Gasteiger partial charge in [-0.05, 0) is 63.5 Å². The topological polar surface area (TPSA) is 56.0 Å². The molecule has 1 saturated heterocycles. The van der Waals surface area contributed by atoms with Crippen molar-refractivity contribution < 1.29 is 4.79 Å². The Bertz CT molecular complexity index is 1060. The largest absolute Gasteiger partial charge is 0.348 e. The van der Waals surface area contributed by atoms with Crippen LogP contribution >= 0.6 is 23.1 Å². The van der Waals surface area contributed by atoms with E-state index in [0.717, 1.165) is 54.1 Å². The maximum absolute atomic E-state index is 13.1. The van der Waals surface area contributed by atoms with E-state index in [0.29, 0.717) is 11.8 Å². The molecule has 2 fully saturated rings. The van der Waals surface area contributed by atoms with Gasteiger partial charge in [-0.15, -0.1) is 21.5 Å². The third kappa shape index (κ3) is 4.32. The molecule has 1 saturated carbocycles. The standard InChI is InChI=1S/C23H29N5OS2/c1-16-14-20(17(2)27(16)12-9-19-6-5-13-30-19)21(29)15-31-23-25-24-22(26-10-3-4-11-26)28(23)18-7-8-18/h5-6,13-14,18H,3-4,7-12,15H2,1-2H3. The summed E-state index contributed by atoms with van der Waals surface area (Å²) in [5.41, 5.74) is 3.06. The van der Waals surface area contributed by atoms with E-state index >= 15 is 0 Å². The van der Waals surface area contributed by atoms with E-state index < -0.39 is 0 Å². The van der Waals surface area contributed by atoms with Crippen LogP contribution in [0.25, 0.3) is 0 Å². The molecule has 0 radical (unpaired) electrons. The Kier molecular flexibility index (Phi) is 5.93. The Morgan fingerprint density at radius 1 is 1.23 bits per heavy atom. The second-order valence-electron chi connectivity index (χ2n) is 8.56. The van der Waals surface area contributed by atoms with Crippen LogP contribution in [0.1, 0.15) is 58.3 Å². The highest BCUT2D eigenvalue weighted by molar-refractivity contribution is 7.99. The zero-order valence-electron chi connectivity index (χ0n) is 18.2. The first kappa shape index (κ1) is 20.8. The lowest BCUT2D eigenvalue weighted by Crippen LogP contribution is -2.22. The molecule has 0 unspecified atom stereocenters.